The van der Waals surface area contributed by atoms with Gasteiger partial charge in [0.1, 0.15) is 22.9 Å². The first-order valence-corrected chi connectivity index (χ1v) is 12.6. The van der Waals surface area contributed by atoms with Crippen LogP contribution < -0.4 is 11.1 Å². The van der Waals surface area contributed by atoms with Crippen LogP contribution in [0.25, 0.3) is 27.8 Å². The van der Waals surface area contributed by atoms with Crippen LogP contribution >= 0.6 is 0 Å². The highest BCUT2D eigenvalue weighted by Crippen LogP contribution is 2.39. The normalized spacial score (nSPS) is 18.9. The number of amides is 1. The lowest BCUT2D eigenvalue weighted by atomic mass is 9.81. The molecule has 3 heterocycles. The lowest BCUT2D eigenvalue weighted by molar-refractivity contribution is -0.126. The molecule has 1 aliphatic rings. The number of aromatic nitrogens is 4. The second-order valence-corrected chi connectivity index (χ2v) is 9.81. The Bertz CT molecular complexity index is 1490. The van der Waals surface area contributed by atoms with Crippen LogP contribution in [0.1, 0.15) is 56.0 Å². The highest BCUT2D eigenvalue weighted by Gasteiger charge is 2.31. The zero-order chi connectivity index (χ0) is 24.6. The number of nitrogens with one attached hydrogen (secondary N) is 2. The molecular formula is C29H30N6O. The van der Waals surface area contributed by atoms with Crippen molar-refractivity contribution >= 4 is 28.1 Å². The van der Waals surface area contributed by atoms with Crippen LogP contribution in [-0.2, 0) is 4.79 Å². The Morgan fingerprint density at radius 3 is 2.61 bits per heavy atom. The van der Waals surface area contributed by atoms with E-state index in [1.807, 2.05) is 43.5 Å². The number of hydrogen-bond donors (Lipinski definition) is 3. The number of nitrogens with two attached hydrogens (primary N) is 1. The molecule has 6 rings (SSSR count). The highest BCUT2D eigenvalue weighted by atomic mass is 16.1. The zero-order valence-corrected chi connectivity index (χ0v) is 20.3. The number of benzene rings is 2. The Hall–Kier alpha value is -4.13. The number of fused-ring (bicyclic) bond motifs is 2. The van der Waals surface area contributed by atoms with Gasteiger partial charge in [-0.25, -0.2) is 9.97 Å². The number of imidazole rings is 1. The van der Waals surface area contributed by atoms with Crippen molar-refractivity contribution in [3.63, 3.8) is 0 Å². The molecule has 0 aliphatic heterocycles. The molecule has 1 amide bonds. The van der Waals surface area contributed by atoms with Crippen molar-refractivity contribution in [2.75, 3.05) is 5.73 Å². The summed E-state index contributed by atoms with van der Waals surface area (Å²) in [7, 11) is 0. The first kappa shape index (κ1) is 22.3. The minimum Gasteiger partial charge on any atom is -0.382 e. The van der Waals surface area contributed by atoms with Gasteiger partial charge in [-0.15, -0.1) is 0 Å². The third kappa shape index (κ3) is 4.00. The second-order valence-electron chi connectivity index (χ2n) is 9.81. The molecule has 0 bridgehead atoms. The molecule has 182 valence electrons. The maximum atomic E-state index is 13.0. The first-order valence-electron chi connectivity index (χ1n) is 12.6. The van der Waals surface area contributed by atoms with E-state index in [2.05, 4.69) is 50.0 Å². The van der Waals surface area contributed by atoms with Crippen LogP contribution in [-0.4, -0.2) is 25.3 Å². The molecule has 4 N–H and O–H groups in total. The Kier molecular flexibility index (Phi) is 5.68. The van der Waals surface area contributed by atoms with Crippen molar-refractivity contribution in [1.29, 1.82) is 0 Å². The lowest BCUT2D eigenvalue weighted by Crippen LogP contribution is -2.34. The molecule has 0 saturated heterocycles. The number of anilines is 1. The summed E-state index contributed by atoms with van der Waals surface area (Å²) in [5, 5.41) is 4.34. The van der Waals surface area contributed by atoms with Gasteiger partial charge >= 0.3 is 0 Å². The molecule has 1 saturated carbocycles. The Labute approximate surface area is 209 Å². The number of carbonyl (C=O) groups is 1. The van der Waals surface area contributed by atoms with Gasteiger partial charge in [-0.2, -0.15) is 0 Å². The Morgan fingerprint density at radius 1 is 1.08 bits per heavy atom. The van der Waals surface area contributed by atoms with Crippen LogP contribution in [0.5, 0.6) is 0 Å². The van der Waals surface area contributed by atoms with Crippen molar-refractivity contribution in [2.24, 2.45) is 5.92 Å². The number of H-pyrrole nitrogens is 1. The number of rotatable bonds is 5. The lowest BCUT2D eigenvalue weighted by Gasteiger charge is -2.28. The number of para-hydroxylation sites is 1. The van der Waals surface area contributed by atoms with Crippen molar-refractivity contribution in [1.82, 2.24) is 24.7 Å². The van der Waals surface area contributed by atoms with Crippen LogP contribution in [0.2, 0.25) is 0 Å². The monoisotopic (exact) mass is 478 g/mol. The standard InChI is InChI=1S/C29H30N6O/c1-18(19-7-3-2-4-8-19)32-29(36)21-13-11-20(12-14-21)28-34-25(26-27(30)31-15-16-35(26)28)24-17-22-9-5-6-10-23(22)33-24/h2-10,15-18,20-21,33H,11-14H2,1H3,(H2,30,31)(H,32,36)/t18-,20?,21?/m0/s1. The number of hydrogen-bond acceptors (Lipinski definition) is 4. The fourth-order valence-corrected chi connectivity index (χ4v) is 5.53. The number of aromatic amines is 1. The van der Waals surface area contributed by atoms with E-state index in [9.17, 15) is 4.79 Å². The van der Waals surface area contributed by atoms with Gasteiger partial charge in [0, 0.05) is 35.1 Å². The molecule has 7 nitrogen and oxygen atoms in total. The third-order valence-electron chi connectivity index (χ3n) is 7.52. The maximum Gasteiger partial charge on any atom is 0.223 e. The molecule has 1 aliphatic carbocycles. The number of nitrogens with zero attached hydrogens (tertiary/aromatic N) is 3. The van der Waals surface area contributed by atoms with Gasteiger partial charge in [0.25, 0.3) is 0 Å². The summed E-state index contributed by atoms with van der Waals surface area (Å²) in [4.78, 5) is 25.9. The molecule has 2 aromatic carbocycles. The molecule has 0 radical (unpaired) electrons. The predicted octanol–water partition coefficient (Wildman–Crippen LogP) is 5.61. The van der Waals surface area contributed by atoms with E-state index in [4.69, 9.17) is 10.7 Å². The molecule has 3 aromatic heterocycles. The van der Waals surface area contributed by atoms with Crippen LogP contribution in [0.4, 0.5) is 5.82 Å². The molecule has 1 atom stereocenters. The van der Waals surface area contributed by atoms with Crippen molar-refractivity contribution < 1.29 is 4.79 Å². The smallest absolute Gasteiger partial charge is 0.223 e. The van der Waals surface area contributed by atoms with E-state index >= 15 is 0 Å². The average Bonchev–Trinajstić information content (AvgIpc) is 3.52. The van der Waals surface area contributed by atoms with Crippen molar-refractivity contribution in [3.8, 4) is 11.4 Å². The van der Waals surface area contributed by atoms with Crippen molar-refractivity contribution in [2.45, 2.75) is 44.6 Å². The highest BCUT2D eigenvalue weighted by molar-refractivity contribution is 5.91. The first-order chi connectivity index (χ1) is 17.6. The average molecular weight is 479 g/mol. The topological polar surface area (TPSA) is 101 Å². The van der Waals surface area contributed by atoms with Gasteiger partial charge in [0.15, 0.2) is 0 Å². The van der Waals surface area contributed by atoms with E-state index in [-0.39, 0.29) is 23.8 Å². The SMILES string of the molecule is C[C@H](NC(=O)C1CCC(c2nc(-c3cc4ccccc4[nH]3)c3c(N)nccn23)CC1)c1ccccc1. The van der Waals surface area contributed by atoms with E-state index in [1.54, 1.807) is 6.20 Å². The summed E-state index contributed by atoms with van der Waals surface area (Å²) in [5.41, 5.74) is 11.1. The molecular weight excluding hydrogens is 448 g/mol. The van der Waals surface area contributed by atoms with E-state index < -0.39 is 0 Å². The quantitative estimate of drug-likeness (QED) is 0.306. The van der Waals surface area contributed by atoms with Crippen LogP contribution in [0.3, 0.4) is 0 Å². The number of nitrogen functional groups attached to an aromatic ring is 1. The zero-order valence-electron chi connectivity index (χ0n) is 20.3. The number of carbonyl (C=O) groups excluding carboxylic acids is 1. The summed E-state index contributed by atoms with van der Waals surface area (Å²) in [6, 6.07) is 20.4. The fourth-order valence-electron chi connectivity index (χ4n) is 5.53. The molecule has 1 fully saturated rings. The molecule has 5 aromatic rings. The summed E-state index contributed by atoms with van der Waals surface area (Å²) in [5.74, 6) is 1.88. The molecule has 0 spiro atoms. The third-order valence-corrected chi connectivity index (χ3v) is 7.52. The minimum atomic E-state index is 0.00186. The predicted molar refractivity (Wildman–Crippen MR) is 142 cm³/mol. The summed E-state index contributed by atoms with van der Waals surface area (Å²) in [6.07, 6.45) is 7.17. The van der Waals surface area contributed by atoms with E-state index in [0.29, 0.717) is 5.82 Å². The minimum absolute atomic E-state index is 0.00186. The second kappa shape index (κ2) is 9.15. The Morgan fingerprint density at radius 2 is 1.83 bits per heavy atom. The largest absolute Gasteiger partial charge is 0.382 e. The summed E-state index contributed by atoms with van der Waals surface area (Å²) in [6.45, 7) is 2.04. The molecule has 7 heteroatoms. The summed E-state index contributed by atoms with van der Waals surface area (Å²) < 4.78 is 2.09. The van der Waals surface area contributed by atoms with Gasteiger partial charge in [-0.1, -0.05) is 48.5 Å². The van der Waals surface area contributed by atoms with Gasteiger partial charge in [-0.3, -0.25) is 9.20 Å². The van der Waals surface area contributed by atoms with E-state index in [1.165, 1.54) is 0 Å². The van der Waals surface area contributed by atoms with Crippen LogP contribution in [0, 0.1) is 5.92 Å². The summed E-state index contributed by atoms with van der Waals surface area (Å²) >= 11 is 0. The van der Waals surface area contributed by atoms with Gasteiger partial charge in [0.2, 0.25) is 5.91 Å². The van der Waals surface area contributed by atoms with Gasteiger partial charge < -0.3 is 16.0 Å². The van der Waals surface area contributed by atoms with Gasteiger partial charge in [-0.05, 0) is 50.3 Å². The Balaban J connectivity index is 1.23. The van der Waals surface area contributed by atoms with Gasteiger partial charge in [0.05, 0.1) is 11.7 Å². The molecule has 36 heavy (non-hydrogen) atoms. The maximum absolute atomic E-state index is 13.0. The van der Waals surface area contributed by atoms with Crippen molar-refractivity contribution in [3.05, 3.63) is 84.4 Å². The van der Waals surface area contributed by atoms with Crippen LogP contribution in [0.15, 0.2) is 73.1 Å². The fraction of sp³-hybridized carbons (Fsp3) is 0.276. The van der Waals surface area contributed by atoms with E-state index in [0.717, 1.165) is 64.9 Å². The molecule has 0 unspecified atom stereocenters.